The summed E-state index contributed by atoms with van der Waals surface area (Å²) in [5.41, 5.74) is 6.41. The Balaban J connectivity index is 1.77. The van der Waals surface area contributed by atoms with Crippen LogP contribution in [0.15, 0.2) is 22.5 Å². The fourth-order valence-corrected chi connectivity index (χ4v) is 4.44. The molecular weight excluding hydrogens is 266 g/mol. The summed E-state index contributed by atoms with van der Waals surface area (Å²) in [6.07, 6.45) is 7.85. The van der Waals surface area contributed by atoms with E-state index in [1.165, 1.54) is 43.4 Å². The van der Waals surface area contributed by atoms with E-state index in [1.807, 2.05) is 11.3 Å². The maximum absolute atomic E-state index is 6.20. The van der Waals surface area contributed by atoms with Gasteiger partial charge in [0.2, 0.25) is 0 Å². The summed E-state index contributed by atoms with van der Waals surface area (Å²) < 4.78 is 0. The third kappa shape index (κ3) is 2.58. The number of guanidine groups is 1. The molecule has 2 aliphatic rings. The molecule has 1 saturated carbocycles. The quantitative estimate of drug-likeness (QED) is 0.924. The first-order chi connectivity index (χ1) is 9.73. The topological polar surface area (TPSA) is 41.6 Å². The van der Waals surface area contributed by atoms with Gasteiger partial charge in [-0.2, -0.15) is 0 Å². The monoisotopic (exact) mass is 291 g/mol. The van der Waals surface area contributed by atoms with Crippen molar-refractivity contribution in [1.29, 1.82) is 0 Å². The zero-order valence-corrected chi connectivity index (χ0v) is 13.2. The molecule has 3 rings (SSSR count). The minimum absolute atomic E-state index is 0.206. The van der Waals surface area contributed by atoms with Gasteiger partial charge in [-0.15, -0.1) is 11.3 Å². The molecule has 2 heterocycles. The highest BCUT2D eigenvalue weighted by atomic mass is 32.1. The maximum Gasteiger partial charge on any atom is 0.192 e. The zero-order chi connectivity index (χ0) is 14.0. The molecule has 2 N–H and O–H groups in total. The van der Waals surface area contributed by atoms with Crippen molar-refractivity contribution in [2.24, 2.45) is 16.6 Å². The van der Waals surface area contributed by atoms with Crippen LogP contribution < -0.4 is 5.73 Å². The fraction of sp³-hybridized carbons (Fsp3) is 0.688. The molecule has 3 nitrogen and oxygen atoms in total. The van der Waals surface area contributed by atoms with Gasteiger partial charge < -0.3 is 10.6 Å². The predicted octanol–water partition coefficient (Wildman–Crippen LogP) is 3.61. The van der Waals surface area contributed by atoms with E-state index in [-0.39, 0.29) is 5.54 Å². The molecule has 110 valence electrons. The van der Waals surface area contributed by atoms with Crippen molar-refractivity contribution < 1.29 is 0 Å². The van der Waals surface area contributed by atoms with Crippen LogP contribution in [0.4, 0.5) is 0 Å². The molecule has 2 unspecified atom stereocenters. The molecule has 1 aliphatic carbocycles. The van der Waals surface area contributed by atoms with Gasteiger partial charge in [0.05, 0.1) is 18.6 Å². The molecule has 0 saturated heterocycles. The summed E-state index contributed by atoms with van der Waals surface area (Å²) in [5.74, 6) is 1.66. The normalized spacial score (nSPS) is 30.6. The maximum atomic E-state index is 6.20. The first-order valence-corrected chi connectivity index (χ1v) is 8.71. The van der Waals surface area contributed by atoms with Gasteiger partial charge >= 0.3 is 0 Å². The smallest absolute Gasteiger partial charge is 0.192 e. The highest BCUT2D eigenvalue weighted by Crippen LogP contribution is 2.39. The molecule has 0 radical (unpaired) electrons. The van der Waals surface area contributed by atoms with Crippen molar-refractivity contribution in [1.82, 2.24) is 4.90 Å². The summed E-state index contributed by atoms with van der Waals surface area (Å²) in [6.45, 7) is 4.16. The predicted molar refractivity (Wildman–Crippen MR) is 85.9 cm³/mol. The lowest BCUT2D eigenvalue weighted by Crippen LogP contribution is -2.50. The van der Waals surface area contributed by atoms with Gasteiger partial charge in [-0.25, -0.2) is 0 Å². The summed E-state index contributed by atoms with van der Waals surface area (Å²) in [6, 6.07) is 4.33. The summed E-state index contributed by atoms with van der Waals surface area (Å²) in [5, 5.41) is 2.14. The van der Waals surface area contributed by atoms with Crippen LogP contribution in [0.25, 0.3) is 0 Å². The van der Waals surface area contributed by atoms with E-state index in [4.69, 9.17) is 5.73 Å². The van der Waals surface area contributed by atoms with E-state index in [0.717, 1.165) is 25.0 Å². The summed E-state index contributed by atoms with van der Waals surface area (Å²) in [7, 11) is 0. The lowest BCUT2D eigenvalue weighted by molar-refractivity contribution is 0.167. The van der Waals surface area contributed by atoms with Gasteiger partial charge in [-0.05, 0) is 36.6 Å². The number of nitrogens with zero attached hydrogens (tertiary/aromatic N) is 2. The van der Waals surface area contributed by atoms with Crippen LogP contribution >= 0.6 is 11.3 Å². The SMILES string of the molecule is CCC1CCCC2(CC1)CN=C(N)N2Cc1cccs1. The van der Waals surface area contributed by atoms with Gasteiger partial charge in [-0.1, -0.05) is 32.3 Å². The lowest BCUT2D eigenvalue weighted by Gasteiger charge is -2.38. The van der Waals surface area contributed by atoms with E-state index in [1.54, 1.807) is 0 Å². The third-order valence-corrected chi connectivity index (χ3v) is 5.99. The second kappa shape index (κ2) is 5.76. The largest absolute Gasteiger partial charge is 0.370 e. The first kappa shape index (κ1) is 13.9. The average Bonchev–Trinajstić information content (AvgIpc) is 3.00. The number of hydrogen-bond acceptors (Lipinski definition) is 4. The summed E-state index contributed by atoms with van der Waals surface area (Å²) in [4.78, 5) is 8.38. The van der Waals surface area contributed by atoms with Gasteiger partial charge in [0.25, 0.3) is 0 Å². The van der Waals surface area contributed by atoms with Gasteiger partial charge in [-0.3, -0.25) is 4.99 Å². The van der Waals surface area contributed by atoms with Crippen molar-refractivity contribution in [3.63, 3.8) is 0 Å². The highest BCUT2D eigenvalue weighted by molar-refractivity contribution is 7.09. The standard InChI is InChI=1S/C16H25N3S/c1-2-13-5-3-8-16(9-7-13)12-18-15(17)19(16)11-14-6-4-10-20-14/h4,6,10,13H,2-3,5,7-9,11-12H2,1H3,(H2,17,18). The van der Waals surface area contributed by atoms with Crippen LogP contribution in [-0.2, 0) is 6.54 Å². The Labute approximate surface area is 125 Å². The average molecular weight is 291 g/mol. The van der Waals surface area contributed by atoms with Crippen LogP contribution in [-0.4, -0.2) is 22.9 Å². The van der Waals surface area contributed by atoms with Gasteiger partial charge in [0.1, 0.15) is 0 Å². The molecule has 2 atom stereocenters. The van der Waals surface area contributed by atoms with Crippen molar-refractivity contribution in [3.8, 4) is 0 Å². The molecule has 1 spiro atoms. The molecule has 4 heteroatoms. The Bertz CT molecular complexity index is 468. The number of rotatable bonds is 3. The van der Waals surface area contributed by atoms with E-state index in [2.05, 4.69) is 34.3 Å². The van der Waals surface area contributed by atoms with Crippen molar-refractivity contribution in [2.45, 2.75) is 57.5 Å². The van der Waals surface area contributed by atoms with E-state index < -0.39 is 0 Å². The van der Waals surface area contributed by atoms with Crippen LogP contribution in [0.1, 0.15) is 50.3 Å². The molecule has 1 aromatic rings. The zero-order valence-electron chi connectivity index (χ0n) is 12.3. The van der Waals surface area contributed by atoms with E-state index in [9.17, 15) is 0 Å². The van der Waals surface area contributed by atoms with Crippen molar-refractivity contribution >= 4 is 17.3 Å². The second-order valence-electron chi connectivity index (χ2n) is 6.27. The molecule has 1 fully saturated rings. The molecule has 0 amide bonds. The molecule has 0 bridgehead atoms. The molecular formula is C16H25N3S. The van der Waals surface area contributed by atoms with Gasteiger partial charge in [0, 0.05) is 4.88 Å². The highest BCUT2D eigenvalue weighted by Gasteiger charge is 2.43. The molecule has 1 aromatic heterocycles. The Morgan fingerprint density at radius 3 is 3.10 bits per heavy atom. The number of aliphatic imine (C=N–C) groups is 1. The van der Waals surface area contributed by atoms with E-state index >= 15 is 0 Å². The fourth-order valence-electron chi connectivity index (χ4n) is 3.75. The molecule has 0 aromatic carbocycles. The number of thiophene rings is 1. The summed E-state index contributed by atoms with van der Waals surface area (Å²) >= 11 is 1.82. The van der Waals surface area contributed by atoms with Gasteiger partial charge in [0.15, 0.2) is 5.96 Å². The third-order valence-electron chi connectivity index (χ3n) is 5.13. The lowest BCUT2D eigenvalue weighted by atomic mass is 9.88. The van der Waals surface area contributed by atoms with Crippen molar-refractivity contribution in [2.75, 3.05) is 6.54 Å². The Morgan fingerprint density at radius 2 is 2.35 bits per heavy atom. The first-order valence-electron chi connectivity index (χ1n) is 7.83. The van der Waals surface area contributed by atoms with Crippen molar-refractivity contribution in [3.05, 3.63) is 22.4 Å². The Morgan fingerprint density at radius 1 is 1.45 bits per heavy atom. The van der Waals surface area contributed by atoms with Crippen LogP contribution in [0.2, 0.25) is 0 Å². The Kier molecular flexibility index (Phi) is 4.01. The molecule has 20 heavy (non-hydrogen) atoms. The van der Waals surface area contributed by atoms with E-state index in [0.29, 0.717) is 0 Å². The van der Waals surface area contributed by atoms with Crippen LogP contribution in [0.3, 0.4) is 0 Å². The minimum Gasteiger partial charge on any atom is -0.370 e. The second-order valence-corrected chi connectivity index (χ2v) is 7.30. The number of nitrogens with two attached hydrogens (primary N) is 1. The van der Waals surface area contributed by atoms with Crippen LogP contribution in [0.5, 0.6) is 0 Å². The number of hydrogen-bond donors (Lipinski definition) is 1. The molecule has 1 aliphatic heterocycles. The minimum atomic E-state index is 0.206. The van der Waals surface area contributed by atoms with Crippen LogP contribution in [0, 0.1) is 5.92 Å². The Hall–Kier alpha value is -1.03.